The highest BCUT2D eigenvalue weighted by atomic mass is 16.3. The van der Waals surface area contributed by atoms with E-state index < -0.39 is 0 Å². The van der Waals surface area contributed by atoms with Crippen LogP contribution in [0.15, 0.2) is 0 Å². The number of hydrogen-bond donors (Lipinski definition) is 2. The number of amides is 1. The van der Waals surface area contributed by atoms with Gasteiger partial charge in [-0.3, -0.25) is 4.79 Å². The van der Waals surface area contributed by atoms with Gasteiger partial charge in [0.1, 0.15) is 0 Å². The van der Waals surface area contributed by atoms with Crippen LogP contribution in [0.2, 0.25) is 0 Å². The lowest BCUT2D eigenvalue weighted by Crippen LogP contribution is -2.48. The Morgan fingerprint density at radius 3 is 2.37 bits per heavy atom. The summed E-state index contributed by atoms with van der Waals surface area (Å²) in [5, 5.41) is 12.7. The zero-order chi connectivity index (χ0) is 14.5. The van der Waals surface area contributed by atoms with E-state index in [9.17, 15) is 9.90 Å². The molecule has 1 aliphatic heterocycles. The Labute approximate surface area is 117 Å². The van der Waals surface area contributed by atoms with Gasteiger partial charge in [0, 0.05) is 31.6 Å². The van der Waals surface area contributed by atoms with Gasteiger partial charge in [0.05, 0.1) is 6.61 Å². The third kappa shape index (κ3) is 5.91. The fourth-order valence-electron chi connectivity index (χ4n) is 2.49. The molecule has 0 radical (unpaired) electrons. The van der Waals surface area contributed by atoms with Crippen LogP contribution < -0.4 is 5.32 Å². The zero-order valence-corrected chi connectivity index (χ0v) is 12.9. The van der Waals surface area contributed by atoms with Gasteiger partial charge in [-0.2, -0.15) is 0 Å². The standard InChI is InChI=1S/C15H30N2O2/c1-5-12(11-18)16-13-6-8-17(9-7-13)14(19)10-15(2,3)4/h12-13,16,18H,5-11H2,1-4H3. The van der Waals surface area contributed by atoms with Crippen molar-refractivity contribution in [2.45, 2.75) is 65.5 Å². The summed E-state index contributed by atoms with van der Waals surface area (Å²) >= 11 is 0. The Kier molecular flexibility index (Phi) is 6.27. The van der Waals surface area contributed by atoms with E-state index in [-0.39, 0.29) is 24.0 Å². The Hall–Kier alpha value is -0.610. The molecule has 112 valence electrons. The van der Waals surface area contributed by atoms with Crippen molar-refractivity contribution in [3.8, 4) is 0 Å². The van der Waals surface area contributed by atoms with Crippen molar-refractivity contribution in [3.63, 3.8) is 0 Å². The maximum absolute atomic E-state index is 12.1. The fourth-order valence-corrected chi connectivity index (χ4v) is 2.49. The third-order valence-corrected chi connectivity index (χ3v) is 3.71. The number of nitrogens with zero attached hydrogens (tertiary/aromatic N) is 1. The minimum Gasteiger partial charge on any atom is -0.395 e. The molecule has 0 spiro atoms. The van der Waals surface area contributed by atoms with Crippen LogP contribution in [-0.2, 0) is 4.79 Å². The van der Waals surface area contributed by atoms with Crippen LogP contribution in [0.25, 0.3) is 0 Å². The number of rotatable bonds is 5. The zero-order valence-electron chi connectivity index (χ0n) is 12.9. The molecule has 1 saturated heterocycles. The maximum atomic E-state index is 12.1. The lowest BCUT2D eigenvalue weighted by atomic mass is 9.91. The van der Waals surface area contributed by atoms with Gasteiger partial charge in [0.15, 0.2) is 0 Å². The summed E-state index contributed by atoms with van der Waals surface area (Å²) in [6, 6.07) is 0.637. The average molecular weight is 270 g/mol. The molecule has 1 heterocycles. The number of piperidine rings is 1. The number of nitrogens with one attached hydrogen (secondary N) is 1. The number of carbonyl (C=O) groups is 1. The Balaban J connectivity index is 2.34. The highest BCUT2D eigenvalue weighted by Crippen LogP contribution is 2.21. The molecule has 0 aromatic carbocycles. The molecule has 4 heteroatoms. The van der Waals surface area contributed by atoms with E-state index in [1.807, 2.05) is 4.90 Å². The van der Waals surface area contributed by atoms with Gasteiger partial charge < -0.3 is 15.3 Å². The number of hydrogen-bond acceptors (Lipinski definition) is 3. The van der Waals surface area contributed by atoms with Crippen molar-refractivity contribution in [2.75, 3.05) is 19.7 Å². The average Bonchev–Trinajstić information content (AvgIpc) is 2.34. The third-order valence-electron chi connectivity index (χ3n) is 3.71. The minimum atomic E-state index is 0.0658. The van der Waals surface area contributed by atoms with E-state index in [0.717, 1.165) is 32.4 Å². The summed E-state index contributed by atoms with van der Waals surface area (Å²) < 4.78 is 0. The van der Waals surface area contributed by atoms with Crippen molar-refractivity contribution in [3.05, 3.63) is 0 Å². The molecule has 0 aromatic heterocycles. The van der Waals surface area contributed by atoms with Crippen LogP contribution in [-0.4, -0.2) is 47.7 Å². The molecule has 1 atom stereocenters. The van der Waals surface area contributed by atoms with E-state index in [0.29, 0.717) is 12.5 Å². The number of aliphatic hydroxyl groups is 1. The summed E-state index contributed by atoms with van der Waals surface area (Å²) in [6.45, 7) is 10.3. The van der Waals surface area contributed by atoms with Gasteiger partial charge in [-0.25, -0.2) is 0 Å². The molecule has 2 N–H and O–H groups in total. The van der Waals surface area contributed by atoms with Gasteiger partial charge in [-0.15, -0.1) is 0 Å². The summed E-state index contributed by atoms with van der Waals surface area (Å²) in [6.07, 6.45) is 3.55. The molecule has 0 aromatic rings. The van der Waals surface area contributed by atoms with Gasteiger partial charge in [0.2, 0.25) is 5.91 Å². The summed E-state index contributed by atoms with van der Waals surface area (Å²) in [5.41, 5.74) is 0.0658. The maximum Gasteiger partial charge on any atom is 0.223 e. The Morgan fingerprint density at radius 1 is 1.37 bits per heavy atom. The lowest BCUT2D eigenvalue weighted by Gasteiger charge is -2.35. The van der Waals surface area contributed by atoms with Crippen LogP contribution in [0, 0.1) is 5.41 Å². The second kappa shape index (κ2) is 7.25. The molecular weight excluding hydrogens is 240 g/mol. The van der Waals surface area contributed by atoms with E-state index in [1.165, 1.54) is 0 Å². The number of aliphatic hydroxyl groups excluding tert-OH is 1. The quantitative estimate of drug-likeness (QED) is 0.800. The SMILES string of the molecule is CCC(CO)NC1CCN(C(=O)CC(C)(C)C)CC1. The predicted octanol–water partition coefficient (Wildman–Crippen LogP) is 1.77. The second-order valence-corrected chi connectivity index (χ2v) is 6.85. The highest BCUT2D eigenvalue weighted by molar-refractivity contribution is 5.76. The monoisotopic (exact) mass is 270 g/mol. The van der Waals surface area contributed by atoms with E-state index in [1.54, 1.807) is 0 Å². The Bertz CT molecular complexity index is 274. The first-order valence-corrected chi connectivity index (χ1v) is 7.50. The largest absolute Gasteiger partial charge is 0.395 e. The van der Waals surface area contributed by atoms with Gasteiger partial charge in [-0.1, -0.05) is 27.7 Å². The molecule has 1 amide bonds. The molecule has 1 fully saturated rings. The number of carbonyl (C=O) groups excluding carboxylic acids is 1. The molecule has 0 saturated carbocycles. The van der Waals surface area contributed by atoms with E-state index >= 15 is 0 Å². The molecule has 0 aliphatic carbocycles. The fraction of sp³-hybridized carbons (Fsp3) is 0.933. The van der Waals surface area contributed by atoms with Gasteiger partial charge >= 0.3 is 0 Å². The summed E-state index contributed by atoms with van der Waals surface area (Å²) in [7, 11) is 0. The second-order valence-electron chi connectivity index (χ2n) is 6.85. The molecule has 1 aliphatic rings. The van der Waals surface area contributed by atoms with Gasteiger partial charge in [0.25, 0.3) is 0 Å². The smallest absolute Gasteiger partial charge is 0.223 e. The summed E-state index contributed by atoms with van der Waals surface area (Å²) in [5.74, 6) is 0.278. The minimum absolute atomic E-state index is 0.0658. The van der Waals surface area contributed by atoms with E-state index in [2.05, 4.69) is 33.0 Å². The summed E-state index contributed by atoms with van der Waals surface area (Å²) in [4.78, 5) is 14.1. The van der Waals surface area contributed by atoms with Crippen molar-refractivity contribution in [1.82, 2.24) is 10.2 Å². The molecule has 1 rings (SSSR count). The topological polar surface area (TPSA) is 52.6 Å². The van der Waals surface area contributed by atoms with E-state index in [4.69, 9.17) is 0 Å². The van der Waals surface area contributed by atoms with Crippen molar-refractivity contribution in [2.24, 2.45) is 5.41 Å². The normalized spacial score (nSPS) is 19.5. The van der Waals surface area contributed by atoms with Crippen LogP contribution >= 0.6 is 0 Å². The predicted molar refractivity (Wildman–Crippen MR) is 78.0 cm³/mol. The van der Waals surface area contributed by atoms with Crippen molar-refractivity contribution < 1.29 is 9.90 Å². The molecule has 19 heavy (non-hydrogen) atoms. The molecule has 4 nitrogen and oxygen atoms in total. The van der Waals surface area contributed by atoms with Crippen LogP contribution in [0.1, 0.15) is 53.4 Å². The molecule has 1 unspecified atom stereocenters. The van der Waals surface area contributed by atoms with Gasteiger partial charge in [-0.05, 0) is 24.7 Å². The van der Waals surface area contributed by atoms with Crippen LogP contribution in [0.3, 0.4) is 0 Å². The highest BCUT2D eigenvalue weighted by Gasteiger charge is 2.26. The van der Waals surface area contributed by atoms with Crippen molar-refractivity contribution >= 4 is 5.91 Å². The molecular formula is C15H30N2O2. The lowest BCUT2D eigenvalue weighted by molar-refractivity contribution is -0.134. The van der Waals surface area contributed by atoms with Crippen LogP contribution in [0.4, 0.5) is 0 Å². The Morgan fingerprint density at radius 2 is 1.95 bits per heavy atom. The number of likely N-dealkylation sites (tertiary alicyclic amines) is 1. The first-order chi connectivity index (χ1) is 8.85. The first kappa shape index (κ1) is 16.4. The van der Waals surface area contributed by atoms with Crippen LogP contribution in [0.5, 0.6) is 0 Å². The molecule has 0 bridgehead atoms. The first-order valence-electron chi connectivity index (χ1n) is 7.50. The van der Waals surface area contributed by atoms with Crippen molar-refractivity contribution in [1.29, 1.82) is 0 Å².